The molecule has 1 aromatic heterocycles. The van der Waals surface area contributed by atoms with Gasteiger partial charge in [0, 0.05) is 6.54 Å². The van der Waals surface area contributed by atoms with Gasteiger partial charge in [0.2, 0.25) is 11.7 Å². The van der Waals surface area contributed by atoms with Gasteiger partial charge in [-0.15, -0.1) is 0 Å². The van der Waals surface area contributed by atoms with Crippen LogP contribution in [0.4, 0.5) is 13.2 Å². The van der Waals surface area contributed by atoms with Crippen molar-refractivity contribution in [3.05, 3.63) is 60.2 Å². The van der Waals surface area contributed by atoms with Gasteiger partial charge in [-0.25, -0.2) is 4.39 Å². The monoisotopic (exact) mass is 393 g/mol. The highest BCUT2D eigenvalue weighted by Gasteiger charge is 2.16. The summed E-state index contributed by atoms with van der Waals surface area (Å²) in [5, 5.41) is 3.83. The predicted molar refractivity (Wildman–Crippen MR) is 94.6 cm³/mol. The third-order valence-electron chi connectivity index (χ3n) is 3.78. The molecule has 148 valence electrons. The largest absolute Gasteiger partial charge is 0.489 e. The second kappa shape index (κ2) is 9.23. The van der Waals surface area contributed by atoms with Crippen LogP contribution in [-0.4, -0.2) is 41.9 Å². The van der Waals surface area contributed by atoms with Crippen molar-refractivity contribution in [1.82, 2.24) is 15.0 Å². The minimum absolute atomic E-state index is 0.0310. The fraction of sp³-hybridized carbons (Fsp3) is 0.263. The van der Waals surface area contributed by atoms with Crippen LogP contribution in [0.1, 0.15) is 5.89 Å². The van der Waals surface area contributed by atoms with Gasteiger partial charge in [0.15, 0.2) is 11.6 Å². The van der Waals surface area contributed by atoms with Gasteiger partial charge in [-0.3, -0.25) is 4.90 Å². The Morgan fingerprint density at radius 1 is 1.07 bits per heavy atom. The van der Waals surface area contributed by atoms with Crippen LogP contribution in [0.15, 0.2) is 53.1 Å². The first kappa shape index (κ1) is 19.7. The topological polar surface area (TPSA) is 60.6 Å². The Kier molecular flexibility index (Phi) is 6.49. The Labute approximate surface area is 159 Å². The van der Waals surface area contributed by atoms with E-state index >= 15 is 0 Å². The Bertz CT molecular complexity index is 905. The van der Waals surface area contributed by atoms with Crippen LogP contribution >= 0.6 is 0 Å². The van der Waals surface area contributed by atoms with Crippen LogP contribution in [0, 0.1) is 5.82 Å². The van der Waals surface area contributed by atoms with Crippen LogP contribution in [0.25, 0.3) is 11.4 Å². The lowest BCUT2D eigenvalue weighted by atomic mass is 10.2. The van der Waals surface area contributed by atoms with Crippen molar-refractivity contribution in [2.45, 2.75) is 13.2 Å². The van der Waals surface area contributed by atoms with E-state index in [1.54, 1.807) is 36.4 Å². The fourth-order valence-electron chi connectivity index (χ4n) is 2.46. The number of benzene rings is 2. The van der Waals surface area contributed by atoms with Crippen LogP contribution in [0.5, 0.6) is 11.5 Å². The molecule has 0 aliphatic heterocycles. The van der Waals surface area contributed by atoms with E-state index in [9.17, 15) is 13.2 Å². The molecule has 0 radical (unpaired) electrons. The zero-order valence-corrected chi connectivity index (χ0v) is 15.0. The fourth-order valence-corrected chi connectivity index (χ4v) is 2.46. The van der Waals surface area contributed by atoms with Crippen molar-refractivity contribution < 1.29 is 27.2 Å². The molecule has 6 nitrogen and oxygen atoms in total. The SMILES string of the molecule is CN(CCOc1ccccc1F)Cc1nc(-c2ccccc2OC(F)F)no1. The number of para-hydroxylation sites is 2. The Morgan fingerprint density at radius 2 is 1.79 bits per heavy atom. The van der Waals surface area contributed by atoms with E-state index in [-0.39, 0.29) is 23.9 Å². The molecule has 0 saturated carbocycles. The van der Waals surface area contributed by atoms with Gasteiger partial charge >= 0.3 is 6.61 Å². The molecule has 0 spiro atoms. The summed E-state index contributed by atoms with van der Waals surface area (Å²) < 4.78 is 53.6. The summed E-state index contributed by atoms with van der Waals surface area (Å²) in [5.41, 5.74) is 0.309. The Morgan fingerprint density at radius 3 is 2.54 bits per heavy atom. The van der Waals surface area contributed by atoms with Gasteiger partial charge in [-0.1, -0.05) is 29.4 Å². The van der Waals surface area contributed by atoms with E-state index in [1.165, 1.54) is 12.1 Å². The van der Waals surface area contributed by atoms with Crippen molar-refractivity contribution in [3.63, 3.8) is 0 Å². The highest BCUT2D eigenvalue weighted by atomic mass is 19.3. The van der Waals surface area contributed by atoms with Crippen LogP contribution in [-0.2, 0) is 6.54 Å². The Hall–Kier alpha value is -3.07. The molecule has 3 rings (SSSR count). The second-order valence-electron chi connectivity index (χ2n) is 5.90. The minimum Gasteiger partial charge on any atom is -0.489 e. The number of hydrogen-bond acceptors (Lipinski definition) is 6. The molecule has 3 aromatic rings. The summed E-state index contributed by atoms with van der Waals surface area (Å²) in [6.45, 7) is -1.89. The van der Waals surface area contributed by atoms with Crippen molar-refractivity contribution in [3.8, 4) is 22.9 Å². The van der Waals surface area contributed by atoms with Crippen molar-refractivity contribution in [2.24, 2.45) is 0 Å². The molecule has 0 amide bonds. The predicted octanol–water partition coefficient (Wildman–Crippen LogP) is 3.99. The average Bonchev–Trinajstić information content (AvgIpc) is 3.11. The quantitative estimate of drug-likeness (QED) is 0.548. The first-order valence-corrected chi connectivity index (χ1v) is 8.45. The molecule has 0 saturated heterocycles. The molecule has 0 bridgehead atoms. The van der Waals surface area contributed by atoms with Gasteiger partial charge < -0.3 is 14.0 Å². The summed E-state index contributed by atoms with van der Waals surface area (Å²) in [5.74, 6) is 0.192. The van der Waals surface area contributed by atoms with Gasteiger partial charge in [-0.05, 0) is 31.3 Å². The van der Waals surface area contributed by atoms with Crippen LogP contribution in [0.3, 0.4) is 0 Å². The van der Waals surface area contributed by atoms with Gasteiger partial charge in [0.25, 0.3) is 0 Å². The first-order valence-electron chi connectivity index (χ1n) is 8.45. The highest BCUT2D eigenvalue weighted by molar-refractivity contribution is 5.63. The van der Waals surface area contributed by atoms with E-state index in [0.29, 0.717) is 24.5 Å². The molecule has 28 heavy (non-hydrogen) atoms. The smallest absolute Gasteiger partial charge is 0.387 e. The molecule has 0 atom stereocenters. The molecule has 0 aliphatic rings. The number of alkyl halides is 2. The molecule has 0 N–H and O–H groups in total. The first-order chi connectivity index (χ1) is 13.5. The van der Waals surface area contributed by atoms with E-state index in [0.717, 1.165) is 0 Å². The molecular formula is C19H18F3N3O3. The standard InChI is InChI=1S/C19H18F3N3O3/c1-25(10-11-26-16-9-5-3-7-14(16)20)12-17-23-18(24-28-17)13-6-2-4-8-15(13)27-19(21)22/h2-9,19H,10-12H2,1H3. The van der Waals surface area contributed by atoms with E-state index in [1.807, 2.05) is 11.9 Å². The summed E-state index contributed by atoms with van der Waals surface area (Å²) in [6.07, 6.45) is 0. The van der Waals surface area contributed by atoms with Crippen molar-refractivity contribution >= 4 is 0 Å². The zero-order chi connectivity index (χ0) is 19.9. The lowest BCUT2D eigenvalue weighted by Crippen LogP contribution is -2.24. The number of halogens is 3. The zero-order valence-electron chi connectivity index (χ0n) is 15.0. The summed E-state index contributed by atoms with van der Waals surface area (Å²) >= 11 is 0. The highest BCUT2D eigenvalue weighted by Crippen LogP contribution is 2.28. The molecule has 1 heterocycles. The van der Waals surface area contributed by atoms with E-state index in [2.05, 4.69) is 14.9 Å². The number of likely N-dealkylation sites (N-methyl/N-ethyl adjacent to an activating group) is 1. The van der Waals surface area contributed by atoms with Crippen LogP contribution < -0.4 is 9.47 Å². The number of ether oxygens (including phenoxy) is 2. The third kappa shape index (κ3) is 5.23. The lowest BCUT2D eigenvalue weighted by Gasteiger charge is -2.14. The summed E-state index contributed by atoms with van der Waals surface area (Å²) in [4.78, 5) is 6.07. The van der Waals surface area contributed by atoms with E-state index in [4.69, 9.17) is 9.26 Å². The van der Waals surface area contributed by atoms with Crippen molar-refractivity contribution in [1.29, 1.82) is 0 Å². The lowest BCUT2D eigenvalue weighted by molar-refractivity contribution is -0.0494. The molecule has 0 unspecified atom stereocenters. The third-order valence-corrected chi connectivity index (χ3v) is 3.78. The normalized spacial score (nSPS) is 11.2. The maximum atomic E-state index is 13.5. The van der Waals surface area contributed by atoms with Gasteiger partial charge in [0.05, 0.1) is 12.1 Å². The molecule has 9 heteroatoms. The van der Waals surface area contributed by atoms with Gasteiger partial charge in [0.1, 0.15) is 12.4 Å². The summed E-state index contributed by atoms with van der Waals surface area (Å²) in [7, 11) is 1.81. The summed E-state index contributed by atoms with van der Waals surface area (Å²) in [6, 6.07) is 12.4. The van der Waals surface area contributed by atoms with Crippen molar-refractivity contribution in [2.75, 3.05) is 20.2 Å². The van der Waals surface area contributed by atoms with Gasteiger partial charge in [-0.2, -0.15) is 13.8 Å². The second-order valence-corrected chi connectivity index (χ2v) is 5.90. The number of hydrogen-bond donors (Lipinski definition) is 0. The molecular weight excluding hydrogens is 375 g/mol. The molecule has 2 aromatic carbocycles. The maximum Gasteiger partial charge on any atom is 0.387 e. The number of rotatable bonds is 9. The average molecular weight is 393 g/mol. The molecule has 0 fully saturated rings. The minimum atomic E-state index is -2.95. The maximum absolute atomic E-state index is 13.5. The molecule has 0 aliphatic carbocycles. The van der Waals surface area contributed by atoms with E-state index < -0.39 is 12.4 Å². The van der Waals surface area contributed by atoms with Crippen LogP contribution in [0.2, 0.25) is 0 Å². The Balaban J connectivity index is 1.57. The number of aromatic nitrogens is 2. The number of nitrogens with zero attached hydrogens (tertiary/aromatic N) is 3.